The number of aromatic nitrogens is 1. The molecule has 0 spiro atoms. The van der Waals surface area contributed by atoms with Crippen LogP contribution in [0.1, 0.15) is 32.7 Å². The predicted molar refractivity (Wildman–Crippen MR) is 153 cm³/mol. The van der Waals surface area contributed by atoms with Crippen molar-refractivity contribution in [3.8, 4) is 11.5 Å². The maximum absolute atomic E-state index is 14.0. The molecule has 4 rings (SSSR count). The number of carbonyl (C=O) groups is 1. The van der Waals surface area contributed by atoms with Crippen molar-refractivity contribution in [3.63, 3.8) is 0 Å². The molecule has 2 heterocycles. The number of carbonyl (C=O) groups excluding carboxylic acids is 1. The first-order valence-corrected chi connectivity index (χ1v) is 14.3. The summed E-state index contributed by atoms with van der Waals surface area (Å²) >= 11 is 9.25. The number of amidine groups is 2. The van der Waals surface area contributed by atoms with Crippen molar-refractivity contribution < 1.29 is 32.4 Å². The molecule has 13 heteroatoms. The summed E-state index contributed by atoms with van der Waals surface area (Å²) < 4.78 is 45.1. The monoisotopic (exact) mass is 609 g/mol. The lowest BCUT2D eigenvalue weighted by Gasteiger charge is -2.23. The normalized spacial score (nSPS) is 16.9. The van der Waals surface area contributed by atoms with Crippen molar-refractivity contribution in [2.45, 2.75) is 36.2 Å². The number of fused-ring (bicyclic) bond motifs is 1. The number of esters is 1. The second-order valence-electron chi connectivity index (χ2n) is 8.74. The first-order valence-electron chi connectivity index (χ1n) is 12.1. The molecule has 3 N–H and O–H groups in total. The van der Waals surface area contributed by atoms with E-state index in [1.165, 1.54) is 44.4 Å². The minimum Gasteiger partial charge on any atom is -0.493 e. The van der Waals surface area contributed by atoms with E-state index < -0.39 is 22.8 Å². The Bertz CT molecular complexity index is 1450. The van der Waals surface area contributed by atoms with Gasteiger partial charge in [-0.25, -0.2) is 4.98 Å². The number of nitrogens with two attached hydrogens (primary N) is 1. The van der Waals surface area contributed by atoms with E-state index in [1.807, 2.05) is 12.1 Å². The van der Waals surface area contributed by atoms with Gasteiger partial charge in [0.15, 0.2) is 11.5 Å². The van der Waals surface area contributed by atoms with E-state index in [1.54, 1.807) is 30.5 Å². The molecule has 1 aliphatic rings. The molecule has 0 saturated carbocycles. The summed E-state index contributed by atoms with van der Waals surface area (Å²) in [5, 5.41) is 8.36. The van der Waals surface area contributed by atoms with Crippen LogP contribution in [-0.4, -0.2) is 60.2 Å². The number of para-hydroxylation sites is 1. The average molecular weight is 610 g/mol. The van der Waals surface area contributed by atoms with Crippen LogP contribution in [0.15, 0.2) is 42.6 Å². The van der Waals surface area contributed by atoms with Gasteiger partial charge >= 0.3 is 18.2 Å². The summed E-state index contributed by atoms with van der Waals surface area (Å²) in [5.74, 6) is -0.186. The molecular weight excluding hydrogens is 582 g/mol. The fourth-order valence-electron chi connectivity index (χ4n) is 4.45. The Morgan fingerprint density at radius 2 is 1.98 bits per heavy atom. The molecule has 0 aliphatic carbocycles. The van der Waals surface area contributed by atoms with Crippen LogP contribution >= 0.6 is 34.7 Å². The van der Waals surface area contributed by atoms with Crippen molar-refractivity contribution in [2.75, 3.05) is 21.3 Å². The summed E-state index contributed by atoms with van der Waals surface area (Å²) in [6, 6.07) is 10.3. The molecule has 0 bridgehead atoms. The number of nitrogens with one attached hydrogen (secondary N) is 1. The Morgan fingerprint density at radius 3 is 2.65 bits per heavy atom. The number of hydrogen-bond acceptors (Lipinski definition) is 9. The number of methoxy groups -OCH3 is 3. The van der Waals surface area contributed by atoms with Crippen LogP contribution in [0.3, 0.4) is 0 Å². The number of thiazole rings is 1. The molecule has 1 aliphatic heterocycles. The Kier molecular flexibility index (Phi) is 9.64. The largest absolute Gasteiger partial charge is 0.493 e. The van der Waals surface area contributed by atoms with E-state index in [0.717, 1.165) is 15.0 Å². The van der Waals surface area contributed by atoms with Gasteiger partial charge in [-0.3, -0.25) is 4.79 Å². The molecule has 0 unspecified atom stereocenters. The summed E-state index contributed by atoms with van der Waals surface area (Å²) in [6.45, 7) is 0. The third-order valence-corrected chi connectivity index (χ3v) is 9.16. The molecule has 2 atom stereocenters. The molecule has 0 saturated heterocycles. The van der Waals surface area contributed by atoms with Crippen LogP contribution in [0.4, 0.5) is 14.5 Å². The van der Waals surface area contributed by atoms with Gasteiger partial charge in [0.25, 0.3) is 0 Å². The third-order valence-electron chi connectivity index (χ3n) is 6.33. The molecule has 0 fully saturated rings. The lowest BCUT2D eigenvalue weighted by molar-refractivity contribution is -0.322. The van der Waals surface area contributed by atoms with Crippen molar-refractivity contribution in [1.82, 2.24) is 4.98 Å². The second-order valence-corrected chi connectivity index (χ2v) is 11.7. The topological polar surface area (TPSA) is 111 Å². The quantitative estimate of drug-likeness (QED) is 0.140. The van der Waals surface area contributed by atoms with Gasteiger partial charge in [-0.2, -0.15) is 18.8 Å². The van der Waals surface area contributed by atoms with Crippen LogP contribution in [0.5, 0.6) is 11.5 Å². The highest BCUT2D eigenvalue weighted by Crippen LogP contribution is 2.50. The minimum atomic E-state index is -3.07. The molecular formula is C27H28ClF2N4O4S2+. The van der Waals surface area contributed by atoms with E-state index >= 15 is 0 Å². The molecule has 0 radical (unpaired) electrons. The SMILES string of the molecule is COC(=O)CCc1cnc(C[C@H]2S[C@H](c3cccc(OC)c3OC)c3cc(Cl)ccc3[N+](C(=N)C(F)F)=C2N)s1. The van der Waals surface area contributed by atoms with E-state index in [-0.39, 0.29) is 18.2 Å². The minimum absolute atomic E-state index is 0.0783. The number of thioether (sulfide) groups is 1. The maximum Gasteiger partial charge on any atom is 0.325 e. The fourth-order valence-corrected chi connectivity index (χ4v) is 7.20. The van der Waals surface area contributed by atoms with Crippen LogP contribution < -0.4 is 15.2 Å². The number of halogens is 3. The zero-order chi connectivity index (χ0) is 29.0. The van der Waals surface area contributed by atoms with Crippen molar-refractivity contribution in [3.05, 3.63) is 68.6 Å². The van der Waals surface area contributed by atoms with E-state index in [4.69, 9.17) is 37.0 Å². The van der Waals surface area contributed by atoms with E-state index in [9.17, 15) is 13.6 Å². The Balaban J connectivity index is 1.84. The zero-order valence-corrected chi connectivity index (χ0v) is 24.3. The Hall–Kier alpha value is -3.22. The van der Waals surface area contributed by atoms with Crippen LogP contribution in [-0.2, 0) is 22.4 Å². The van der Waals surface area contributed by atoms with E-state index in [2.05, 4.69) is 4.98 Å². The summed E-state index contributed by atoms with van der Waals surface area (Å²) in [6.07, 6.45) is -0.386. The predicted octanol–water partition coefficient (Wildman–Crippen LogP) is 5.61. The highest BCUT2D eigenvalue weighted by Gasteiger charge is 2.39. The smallest absolute Gasteiger partial charge is 0.325 e. The highest BCUT2D eigenvalue weighted by molar-refractivity contribution is 8.01. The van der Waals surface area contributed by atoms with Gasteiger partial charge in [0.1, 0.15) is 5.69 Å². The number of alkyl halides is 2. The van der Waals surface area contributed by atoms with Gasteiger partial charge in [-0.1, -0.05) is 23.7 Å². The number of aryl methyl sites for hydroxylation is 1. The molecule has 3 aromatic rings. The van der Waals surface area contributed by atoms with Crippen LogP contribution in [0.2, 0.25) is 5.02 Å². The van der Waals surface area contributed by atoms with Gasteiger partial charge in [-0.15, -0.1) is 23.1 Å². The lowest BCUT2D eigenvalue weighted by atomic mass is 10.0. The zero-order valence-electron chi connectivity index (χ0n) is 21.9. The molecule has 8 nitrogen and oxygen atoms in total. The van der Waals surface area contributed by atoms with Crippen molar-refractivity contribution in [1.29, 1.82) is 5.41 Å². The summed E-state index contributed by atoms with van der Waals surface area (Å²) in [5.41, 5.74) is 8.28. The Morgan fingerprint density at radius 1 is 1.20 bits per heavy atom. The molecule has 0 amide bonds. The first-order chi connectivity index (χ1) is 19.2. The molecule has 2 aromatic carbocycles. The van der Waals surface area contributed by atoms with Gasteiger partial charge in [-0.05, 0) is 30.7 Å². The summed E-state index contributed by atoms with van der Waals surface area (Å²) in [7, 11) is 4.40. The van der Waals surface area contributed by atoms with E-state index in [0.29, 0.717) is 45.6 Å². The number of ether oxygens (including phenoxy) is 3. The van der Waals surface area contributed by atoms with Gasteiger partial charge in [0.2, 0.25) is 5.84 Å². The molecule has 212 valence electrons. The van der Waals surface area contributed by atoms with Crippen molar-refractivity contribution >= 4 is 58.0 Å². The molecule has 40 heavy (non-hydrogen) atoms. The highest BCUT2D eigenvalue weighted by atomic mass is 35.5. The van der Waals surface area contributed by atoms with Crippen LogP contribution in [0, 0.1) is 5.41 Å². The number of hydrogen-bond donors (Lipinski definition) is 2. The Labute approximate surface area is 243 Å². The van der Waals surface area contributed by atoms with Gasteiger partial charge in [0, 0.05) is 33.6 Å². The summed E-state index contributed by atoms with van der Waals surface area (Å²) in [4.78, 5) is 17.0. The number of nitrogens with zero attached hydrogens (tertiary/aromatic N) is 2. The maximum atomic E-state index is 14.0. The first kappa shape index (κ1) is 29.8. The van der Waals surface area contributed by atoms with Gasteiger partial charge < -0.3 is 19.9 Å². The van der Waals surface area contributed by atoms with Gasteiger partial charge in [0.05, 0.1) is 43.3 Å². The van der Waals surface area contributed by atoms with Crippen molar-refractivity contribution in [2.24, 2.45) is 5.73 Å². The number of rotatable bonds is 9. The third kappa shape index (κ3) is 6.24. The number of benzene rings is 2. The second kappa shape index (κ2) is 13.0. The average Bonchev–Trinajstić information content (AvgIpc) is 3.36. The fraction of sp³-hybridized carbons (Fsp3) is 0.333. The lowest BCUT2D eigenvalue weighted by Crippen LogP contribution is -2.39. The molecule has 1 aromatic heterocycles. The van der Waals surface area contributed by atoms with Crippen LogP contribution in [0.25, 0.3) is 0 Å². The standard InChI is InChI=1S/C27H27ClF2N4O4S2/c1-36-19-6-4-5-16(23(19)38-3)24-17-11-14(28)7-9-18(17)34(27(32)25(29)30)26(31)20(40-24)12-21-33-13-15(39-21)8-10-22(35)37-2/h4-7,9,11,13,20,24-25,31-32H,8,10,12H2,1-3H3/p+1/t20-,24-/m1/s1.